The minimum atomic E-state index is -0.710. The summed E-state index contributed by atoms with van der Waals surface area (Å²) < 4.78 is 5.50. The van der Waals surface area contributed by atoms with Crippen molar-refractivity contribution < 1.29 is 14.4 Å². The normalized spacial score (nSPS) is 10.7. The SMILES string of the molecule is O=C(NO)c1cnccc1Nc1nc2cc(Cl)c(Cl)cc2o1. The third-order valence-electron chi connectivity index (χ3n) is 2.84. The first-order valence-corrected chi connectivity index (χ1v) is 6.75. The fourth-order valence-electron chi connectivity index (χ4n) is 1.84. The van der Waals surface area contributed by atoms with E-state index in [1.54, 1.807) is 23.7 Å². The Morgan fingerprint density at radius 2 is 2.05 bits per heavy atom. The van der Waals surface area contributed by atoms with Crippen molar-refractivity contribution in [3.63, 3.8) is 0 Å². The van der Waals surface area contributed by atoms with Crippen LogP contribution in [-0.2, 0) is 0 Å². The molecule has 0 aliphatic rings. The van der Waals surface area contributed by atoms with Crippen LogP contribution in [0.1, 0.15) is 10.4 Å². The lowest BCUT2D eigenvalue weighted by molar-refractivity contribution is 0.0707. The van der Waals surface area contributed by atoms with Gasteiger partial charge in [-0.05, 0) is 12.1 Å². The number of oxazole rings is 1. The van der Waals surface area contributed by atoms with Crippen LogP contribution < -0.4 is 10.8 Å². The van der Waals surface area contributed by atoms with Crippen molar-refractivity contribution >= 4 is 51.9 Å². The second kappa shape index (κ2) is 5.80. The number of carbonyl (C=O) groups excluding carboxylic acids is 1. The third-order valence-corrected chi connectivity index (χ3v) is 3.56. The summed E-state index contributed by atoms with van der Waals surface area (Å²) in [4.78, 5) is 19.6. The maximum absolute atomic E-state index is 11.6. The molecule has 3 aromatic rings. The number of pyridine rings is 1. The van der Waals surface area contributed by atoms with Crippen LogP contribution in [0.25, 0.3) is 11.1 Å². The third kappa shape index (κ3) is 2.69. The van der Waals surface area contributed by atoms with E-state index in [-0.39, 0.29) is 11.6 Å². The number of aromatic nitrogens is 2. The van der Waals surface area contributed by atoms with Crippen LogP contribution in [0.3, 0.4) is 0 Å². The molecule has 7 nitrogen and oxygen atoms in total. The molecule has 1 amide bonds. The van der Waals surface area contributed by atoms with Gasteiger partial charge in [0, 0.05) is 18.5 Å². The molecule has 0 saturated carbocycles. The smallest absolute Gasteiger partial charge is 0.300 e. The van der Waals surface area contributed by atoms with Crippen molar-refractivity contribution in [2.24, 2.45) is 0 Å². The Hall–Kier alpha value is -2.35. The van der Waals surface area contributed by atoms with Gasteiger partial charge in [0.15, 0.2) is 5.58 Å². The molecule has 22 heavy (non-hydrogen) atoms. The maximum Gasteiger partial charge on any atom is 0.300 e. The minimum Gasteiger partial charge on any atom is -0.423 e. The predicted octanol–water partition coefficient (Wildman–Crippen LogP) is 3.39. The molecule has 0 aliphatic heterocycles. The number of anilines is 2. The van der Waals surface area contributed by atoms with Crippen LogP contribution in [-0.4, -0.2) is 21.1 Å². The number of nitrogens with one attached hydrogen (secondary N) is 2. The Kier molecular flexibility index (Phi) is 3.84. The zero-order valence-electron chi connectivity index (χ0n) is 10.8. The highest BCUT2D eigenvalue weighted by atomic mass is 35.5. The standard InChI is InChI=1S/C13H8Cl2N4O3/c14-7-3-10-11(4-8(7)15)22-13(18-10)17-9-1-2-16-5-6(9)12(20)19-21/h1-5,21H,(H,19,20)(H,16,17,18). The van der Waals surface area contributed by atoms with Crippen molar-refractivity contribution in [3.05, 3.63) is 46.2 Å². The van der Waals surface area contributed by atoms with Gasteiger partial charge in [0.1, 0.15) is 5.52 Å². The van der Waals surface area contributed by atoms with Gasteiger partial charge in [0.2, 0.25) is 0 Å². The monoisotopic (exact) mass is 338 g/mol. The summed E-state index contributed by atoms with van der Waals surface area (Å²) in [5.41, 5.74) is 2.99. The first-order valence-electron chi connectivity index (χ1n) is 5.99. The van der Waals surface area contributed by atoms with E-state index in [0.29, 0.717) is 26.8 Å². The van der Waals surface area contributed by atoms with Gasteiger partial charge in [-0.2, -0.15) is 4.98 Å². The molecular formula is C13H8Cl2N4O3. The fraction of sp³-hybridized carbons (Fsp3) is 0. The van der Waals surface area contributed by atoms with E-state index >= 15 is 0 Å². The number of hydroxylamine groups is 1. The first kappa shape index (κ1) is 14.6. The molecular weight excluding hydrogens is 331 g/mol. The highest BCUT2D eigenvalue weighted by Gasteiger charge is 2.14. The molecule has 0 aliphatic carbocycles. The zero-order chi connectivity index (χ0) is 15.7. The second-order valence-electron chi connectivity index (χ2n) is 4.24. The number of benzene rings is 1. The van der Waals surface area contributed by atoms with Crippen LogP contribution in [0.4, 0.5) is 11.7 Å². The highest BCUT2D eigenvalue weighted by molar-refractivity contribution is 6.42. The number of amides is 1. The molecule has 2 heterocycles. The summed E-state index contributed by atoms with van der Waals surface area (Å²) >= 11 is 11.8. The van der Waals surface area contributed by atoms with E-state index in [0.717, 1.165) is 0 Å². The molecule has 0 saturated heterocycles. The van der Waals surface area contributed by atoms with E-state index in [1.807, 2.05) is 0 Å². The molecule has 9 heteroatoms. The molecule has 0 fully saturated rings. The quantitative estimate of drug-likeness (QED) is 0.500. The first-order chi connectivity index (χ1) is 10.6. The average molecular weight is 339 g/mol. The average Bonchev–Trinajstić information content (AvgIpc) is 2.88. The van der Waals surface area contributed by atoms with Crippen LogP contribution in [0.5, 0.6) is 0 Å². The van der Waals surface area contributed by atoms with Crippen LogP contribution >= 0.6 is 23.2 Å². The largest absolute Gasteiger partial charge is 0.423 e. The number of rotatable bonds is 3. The number of hydrogen-bond acceptors (Lipinski definition) is 6. The van der Waals surface area contributed by atoms with Crippen LogP contribution in [0, 0.1) is 0 Å². The van der Waals surface area contributed by atoms with Crippen molar-refractivity contribution in [3.8, 4) is 0 Å². The molecule has 3 rings (SSSR count). The number of hydrogen-bond donors (Lipinski definition) is 3. The van der Waals surface area contributed by atoms with E-state index in [2.05, 4.69) is 15.3 Å². The van der Waals surface area contributed by atoms with Crippen molar-refractivity contribution in [1.29, 1.82) is 0 Å². The van der Waals surface area contributed by atoms with Crippen LogP contribution in [0.15, 0.2) is 35.0 Å². The summed E-state index contributed by atoms with van der Waals surface area (Å²) in [5.74, 6) is -0.710. The molecule has 1 aromatic carbocycles. The lowest BCUT2D eigenvalue weighted by Crippen LogP contribution is -2.20. The number of nitrogens with zero attached hydrogens (tertiary/aromatic N) is 2. The molecule has 0 bridgehead atoms. The molecule has 0 spiro atoms. The van der Waals surface area contributed by atoms with Gasteiger partial charge in [-0.25, -0.2) is 5.48 Å². The van der Waals surface area contributed by atoms with Gasteiger partial charge in [-0.15, -0.1) is 0 Å². The highest BCUT2D eigenvalue weighted by Crippen LogP contribution is 2.30. The van der Waals surface area contributed by atoms with E-state index in [4.69, 9.17) is 32.8 Å². The second-order valence-corrected chi connectivity index (χ2v) is 5.05. The molecule has 2 aromatic heterocycles. The van der Waals surface area contributed by atoms with E-state index in [9.17, 15) is 4.79 Å². The Balaban J connectivity index is 1.98. The van der Waals surface area contributed by atoms with Gasteiger partial charge in [-0.3, -0.25) is 15.0 Å². The lowest BCUT2D eigenvalue weighted by Gasteiger charge is -2.06. The molecule has 0 radical (unpaired) electrons. The van der Waals surface area contributed by atoms with Gasteiger partial charge in [0.05, 0.1) is 21.3 Å². The van der Waals surface area contributed by atoms with Crippen molar-refractivity contribution in [2.75, 3.05) is 5.32 Å². The Labute approximate surface area is 133 Å². The van der Waals surface area contributed by atoms with E-state index in [1.165, 1.54) is 12.4 Å². The van der Waals surface area contributed by atoms with Gasteiger partial charge < -0.3 is 9.73 Å². The Morgan fingerprint density at radius 1 is 1.27 bits per heavy atom. The lowest BCUT2D eigenvalue weighted by atomic mass is 10.2. The fourth-order valence-corrected chi connectivity index (χ4v) is 2.15. The van der Waals surface area contributed by atoms with Crippen molar-refractivity contribution in [1.82, 2.24) is 15.4 Å². The summed E-state index contributed by atoms with van der Waals surface area (Å²) in [6.45, 7) is 0. The van der Waals surface area contributed by atoms with Crippen molar-refractivity contribution in [2.45, 2.75) is 0 Å². The number of halogens is 2. The number of carbonyl (C=O) groups is 1. The Bertz CT molecular complexity index is 827. The maximum atomic E-state index is 11.6. The van der Waals surface area contributed by atoms with Gasteiger partial charge >= 0.3 is 0 Å². The molecule has 0 unspecified atom stereocenters. The summed E-state index contributed by atoms with van der Waals surface area (Å²) in [5, 5.41) is 12.3. The van der Waals surface area contributed by atoms with Crippen LogP contribution in [0.2, 0.25) is 10.0 Å². The van der Waals surface area contributed by atoms with Gasteiger partial charge in [0.25, 0.3) is 11.9 Å². The minimum absolute atomic E-state index is 0.128. The summed E-state index contributed by atoms with van der Waals surface area (Å²) in [6, 6.07) is 4.80. The topological polar surface area (TPSA) is 100 Å². The van der Waals surface area contributed by atoms with Gasteiger partial charge in [-0.1, -0.05) is 23.2 Å². The van der Waals surface area contributed by atoms with E-state index < -0.39 is 5.91 Å². The molecule has 112 valence electrons. The zero-order valence-corrected chi connectivity index (χ0v) is 12.3. The predicted molar refractivity (Wildman–Crippen MR) is 80.8 cm³/mol. The molecule has 0 atom stereocenters. The number of fused-ring (bicyclic) bond motifs is 1. The summed E-state index contributed by atoms with van der Waals surface area (Å²) in [7, 11) is 0. The Morgan fingerprint density at radius 3 is 2.82 bits per heavy atom. The summed E-state index contributed by atoms with van der Waals surface area (Å²) in [6.07, 6.45) is 2.77. The molecule has 3 N–H and O–H groups in total.